The molecule has 0 radical (unpaired) electrons. The maximum atomic E-state index is 14.7. The monoisotopic (exact) mass is 675 g/mol. The van der Waals surface area contributed by atoms with Crippen molar-refractivity contribution in [1.29, 1.82) is 0 Å². The second-order valence-corrected chi connectivity index (χ2v) is 13.6. The number of nitrogens with one attached hydrogen (secondary N) is 1. The van der Waals surface area contributed by atoms with Gasteiger partial charge in [-0.05, 0) is 68.7 Å². The first kappa shape index (κ1) is 35.5. The molecule has 4 rings (SSSR count). The Morgan fingerprint density at radius 3 is 2.17 bits per heavy atom. The molecule has 8 nitrogen and oxygen atoms in total. The van der Waals surface area contributed by atoms with Crippen molar-refractivity contribution in [2.24, 2.45) is 0 Å². The molecule has 1 N–H and O–H groups in total. The number of halogens is 1. The Morgan fingerprint density at radius 2 is 1.51 bits per heavy atom. The normalized spacial score (nSPS) is 12.5. The average Bonchev–Trinajstić information content (AvgIpc) is 3.07. The fourth-order valence-electron chi connectivity index (χ4n) is 5.10. The molecule has 248 valence electrons. The summed E-state index contributed by atoms with van der Waals surface area (Å²) in [6.07, 6.45) is 0.901. The fourth-order valence-corrected chi connectivity index (χ4v) is 6.72. The molecule has 0 heterocycles. The second-order valence-electron chi connectivity index (χ2n) is 11.4. The van der Waals surface area contributed by atoms with E-state index in [1.54, 1.807) is 61.5 Å². The van der Waals surface area contributed by atoms with Crippen LogP contribution in [0.2, 0.25) is 5.02 Å². The maximum Gasteiger partial charge on any atom is 0.264 e. The first-order chi connectivity index (χ1) is 22.5. The van der Waals surface area contributed by atoms with Crippen molar-refractivity contribution < 1.29 is 22.7 Å². The second kappa shape index (κ2) is 16.5. The molecule has 47 heavy (non-hydrogen) atoms. The first-order valence-electron chi connectivity index (χ1n) is 15.7. The van der Waals surface area contributed by atoms with Crippen LogP contribution in [0.1, 0.15) is 43.9 Å². The maximum absolute atomic E-state index is 14.7. The summed E-state index contributed by atoms with van der Waals surface area (Å²) in [4.78, 5) is 30.1. The van der Waals surface area contributed by atoms with Crippen molar-refractivity contribution in [2.45, 2.75) is 64.1 Å². The number of carbonyl (C=O) groups is 2. The third-order valence-corrected chi connectivity index (χ3v) is 10.0. The van der Waals surface area contributed by atoms with E-state index in [1.807, 2.05) is 57.2 Å². The predicted molar refractivity (Wildman–Crippen MR) is 187 cm³/mol. The molecule has 0 aliphatic rings. The van der Waals surface area contributed by atoms with E-state index in [1.165, 1.54) is 17.0 Å². The van der Waals surface area contributed by atoms with E-state index >= 15 is 0 Å². The van der Waals surface area contributed by atoms with Crippen molar-refractivity contribution in [3.05, 3.63) is 125 Å². The molecule has 0 saturated heterocycles. The molecule has 4 aromatic carbocycles. The van der Waals surface area contributed by atoms with Gasteiger partial charge in [0.25, 0.3) is 10.0 Å². The van der Waals surface area contributed by atoms with Gasteiger partial charge in [-0.2, -0.15) is 0 Å². The fraction of sp³-hybridized carbons (Fsp3) is 0.297. The highest BCUT2D eigenvalue weighted by atomic mass is 35.5. The summed E-state index contributed by atoms with van der Waals surface area (Å²) in [6.45, 7) is 7.22. The van der Waals surface area contributed by atoms with Crippen LogP contribution in [0.4, 0.5) is 5.69 Å². The minimum absolute atomic E-state index is 0.0184. The van der Waals surface area contributed by atoms with Crippen molar-refractivity contribution in [1.82, 2.24) is 10.2 Å². The van der Waals surface area contributed by atoms with Crippen LogP contribution < -0.4 is 14.4 Å². The third kappa shape index (κ3) is 9.14. The molecule has 10 heteroatoms. The predicted octanol–water partition coefficient (Wildman–Crippen LogP) is 6.80. The van der Waals surface area contributed by atoms with Crippen LogP contribution in [-0.4, -0.2) is 50.4 Å². The van der Waals surface area contributed by atoms with Gasteiger partial charge in [-0.1, -0.05) is 96.9 Å². The number of benzene rings is 4. The van der Waals surface area contributed by atoms with Gasteiger partial charge in [-0.15, -0.1) is 0 Å². The van der Waals surface area contributed by atoms with Crippen LogP contribution in [0.5, 0.6) is 5.75 Å². The average molecular weight is 676 g/mol. The lowest BCUT2D eigenvalue weighted by atomic mass is 10.0. The molecule has 0 aliphatic heterocycles. The number of sulfonamides is 1. The molecular weight excluding hydrogens is 634 g/mol. The van der Waals surface area contributed by atoms with E-state index in [2.05, 4.69) is 5.32 Å². The number of nitrogens with zero attached hydrogens (tertiary/aromatic N) is 2. The summed E-state index contributed by atoms with van der Waals surface area (Å²) in [5.74, 6) is -0.607. The highest BCUT2D eigenvalue weighted by molar-refractivity contribution is 7.92. The summed E-state index contributed by atoms with van der Waals surface area (Å²) in [7, 11) is -4.27. The molecule has 0 saturated carbocycles. The Morgan fingerprint density at radius 1 is 0.872 bits per heavy atom. The zero-order chi connectivity index (χ0) is 34.0. The van der Waals surface area contributed by atoms with Crippen molar-refractivity contribution >= 4 is 39.1 Å². The van der Waals surface area contributed by atoms with Crippen LogP contribution in [0.3, 0.4) is 0 Å². The number of anilines is 1. The Labute approximate surface area is 283 Å². The first-order valence-corrected chi connectivity index (χ1v) is 17.5. The zero-order valence-electron chi connectivity index (χ0n) is 27.2. The van der Waals surface area contributed by atoms with Crippen molar-refractivity contribution in [3.8, 4) is 5.75 Å². The van der Waals surface area contributed by atoms with Crippen LogP contribution in [0, 0.1) is 6.92 Å². The van der Waals surface area contributed by atoms with Crippen molar-refractivity contribution in [2.75, 3.05) is 17.5 Å². The van der Waals surface area contributed by atoms with E-state index in [0.717, 1.165) is 15.4 Å². The Balaban J connectivity index is 1.85. The molecule has 2 amide bonds. The lowest BCUT2D eigenvalue weighted by Crippen LogP contribution is -2.54. The van der Waals surface area contributed by atoms with Crippen LogP contribution in [0.25, 0.3) is 0 Å². The number of amides is 2. The zero-order valence-corrected chi connectivity index (χ0v) is 28.8. The number of carbonyl (C=O) groups excluding carboxylic acids is 2. The van der Waals surface area contributed by atoms with E-state index in [9.17, 15) is 18.0 Å². The summed E-state index contributed by atoms with van der Waals surface area (Å²) in [5, 5.41) is 3.47. The summed E-state index contributed by atoms with van der Waals surface area (Å²) in [6, 6.07) is 28.6. The lowest BCUT2D eigenvalue weighted by Gasteiger charge is -2.34. The molecule has 0 aromatic heterocycles. The van der Waals surface area contributed by atoms with E-state index < -0.39 is 28.5 Å². The SMILES string of the molecule is CCOc1ccccc1N(CC(=O)N(Cc1ccccc1Cl)[C@H](Cc1ccccc1)C(=O)N[C@@H](C)CC)S(=O)(=O)c1ccc(C)cc1. The number of rotatable bonds is 15. The standard InChI is InChI=1S/C37H42ClN3O5S/c1-5-28(4)39-37(43)34(24-29-14-8-7-9-15-29)40(25-30-16-10-11-17-32(30)38)36(42)26-41(33-18-12-13-19-35(33)46-6-2)47(44,45)31-22-20-27(3)21-23-31/h7-23,28,34H,5-6,24-26H2,1-4H3,(H,39,43)/t28-,34+/m0/s1. The van der Waals surface area contributed by atoms with Crippen LogP contribution in [0.15, 0.2) is 108 Å². The molecule has 0 unspecified atom stereocenters. The van der Waals surface area contributed by atoms with Gasteiger partial charge in [0, 0.05) is 24.0 Å². The van der Waals surface area contributed by atoms with Gasteiger partial charge in [0.2, 0.25) is 11.8 Å². The summed E-state index contributed by atoms with van der Waals surface area (Å²) >= 11 is 6.59. The molecule has 0 spiro atoms. The molecule has 4 aromatic rings. The van der Waals surface area contributed by atoms with Gasteiger partial charge in [0.1, 0.15) is 18.3 Å². The van der Waals surface area contributed by atoms with Crippen LogP contribution in [-0.2, 0) is 32.6 Å². The van der Waals surface area contributed by atoms with Crippen molar-refractivity contribution in [3.63, 3.8) is 0 Å². The minimum atomic E-state index is -4.27. The van der Waals surface area contributed by atoms with E-state index in [0.29, 0.717) is 22.8 Å². The highest BCUT2D eigenvalue weighted by Gasteiger charge is 2.36. The smallest absolute Gasteiger partial charge is 0.264 e. The Kier molecular flexibility index (Phi) is 12.4. The molecule has 0 fully saturated rings. The van der Waals surface area contributed by atoms with Gasteiger partial charge >= 0.3 is 0 Å². The molecule has 0 bridgehead atoms. The number of para-hydroxylation sites is 2. The molecule has 0 aliphatic carbocycles. The topological polar surface area (TPSA) is 96.0 Å². The van der Waals surface area contributed by atoms with E-state index in [-0.39, 0.29) is 42.1 Å². The number of aryl methyl sites for hydroxylation is 1. The van der Waals surface area contributed by atoms with Gasteiger partial charge in [0.15, 0.2) is 0 Å². The van der Waals surface area contributed by atoms with Gasteiger partial charge in [0.05, 0.1) is 17.2 Å². The number of hydrogen-bond donors (Lipinski definition) is 1. The van der Waals surface area contributed by atoms with E-state index in [4.69, 9.17) is 16.3 Å². The lowest BCUT2D eigenvalue weighted by molar-refractivity contribution is -0.140. The highest BCUT2D eigenvalue weighted by Crippen LogP contribution is 2.33. The number of ether oxygens (including phenoxy) is 1. The number of hydrogen-bond acceptors (Lipinski definition) is 5. The van der Waals surface area contributed by atoms with Gasteiger partial charge in [-0.25, -0.2) is 8.42 Å². The Hall–Kier alpha value is -4.34. The summed E-state index contributed by atoms with van der Waals surface area (Å²) < 4.78 is 35.6. The third-order valence-electron chi connectivity index (χ3n) is 7.89. The molecule has 2 atom stereocenters. The van der Waals surface area contributed by atoms with Crippen LogP contribution >= 0.6 is 11.6 Å². The largest absolute Gasteiger partial charge is 0.492 e. The Bertz CT molecular complexity index is 1750. The van der Waals surface area contributed by atoms with Gasteiger partial charge < -0.3 is 15.0 Å². The molecular formula is C37H42ClN3O5S. The van der Waals surface area contributed by atoms with Gasteiger partial charge in [-0.3, -0.25) is 13.9 Å². The quantitative estimate of drug-likeness (QED) is 0.150. The minimum Gasteiger partial charge on any atom is -0.492 e. The summed E-state index contributed by atoms with van der Waals surface area (Å²) in [5.41, 5.74) is 2.58.